The maximum Gasteiger partial charge on any atom is 0.123 e. The van der Waals surface area contributed by atoms with E-state index in [1.165, 1.54) is 18.6 Å². The molecule has 1 aromatic carbocycles. The Kier molecular flexibility index (Phi) is 5.25. The van der Waals surface area contributed by atoms with Crippen LogP contribution in [-0.2, 0) is 6.42 Å². The monoisotopic (exact) mass is 342 g/mol. The van der Waals surface area contributed by atoms with Crippen LogP contribution in [-0.4, -0.2) is 10.7 Å². The highest BCUT2D eigenvalue weighted by atomic mass is 79.9. The fourth-order valence-electron chi connectivity index (χ4n) is 3.29. The minimum Gasteiger partial charge on any atom is -0.390 e. The fraction of sp³-hybridized carbons (Fsp3) is 0.647. The average molecular weight is 343 g/mol. The Hall–Kier alpha value is -0.410. The Balaban J connectivity index is 2.09. The highest BCUT2D eigenvalue weighted by Crippen LogP contribution is 2.36. The molecule has 0 radical (unpaired) electrons. The molecule has 3 heteroatoms. The number of aliphatic hydroxyl groups is 1. The van der Waals surface area contributed by atoms with Gasteiger partial charge in [0.2, 0.25) is 0 Å². The molecule has 1 aromatic rings. The molecule has 2 atom stereocenters. The van der Waals surface area contributed by atoms with Crippen molar-refractivity contribution in [2.45, 2.75) is 58.0 Å². The van der Waals surface area contributed by atoms with Crippen molar-refractivity contribution in [2.75, 3.05) is 0 Å². The van der Waals surface area contributed by atoms with Gasteiger partial charge < -0.3 is 5.11 Å². The Morgan fingerprint density at radius 1 is 1.35 bits per heavy atom. The molecule has 1 N–H and O–H groups in total. The van der Waals surface area contributed by atoms with E-state index in [1.807, 2.05) is 0 Å². The van der Waals surface area contributed by atoms with E-state index in [2.05, 4.69) is 29.8 Å². The third kappa shape index (κ3) is 4.05. The summed E-state index contributed by atoms with van der Waals surface area (Å²) in [4.78, 5) is 0. The Labute approximate surface area is 129 Å². The average Bonchev–Trinajstić information content (AvgIpc) is 2.56. The van der Waals surface area contributed by atoms with Gasteiger partial charge in [-0.1, -0.05) is 42.6 Å². The summed E-state index contributed by atoms with van der Waals surface area (Å²) in [5.41, 5.74) is 0.190. The molecule has 1 aliphatic rings. The van der Waals surface area contributed by atoms with Gasteiger partial charge in [0.1, 0.15) is 5.82 Å². The van der Waals surface area contributed by atoms with Gasteiger partial charge in [-0.05, 0) is 54.9 Å². The molecule has 0 aliphatic heterocycles. The van der Waals surface area contributed by atoms with E-state index in [-0.39, 0.29) is 5.82 Å². The molecule has 1 fully saturated rings. The molecule has 0 spiro atoms. The van der Waals surface area contributed by atoms with Crippen molar-refractivity contribution in [3.05, 3.63) is 34.1 Å². The van der Waals surface area contributed by atoms with Gasteiger partial charge in [-0.2, -0.15) is 0 Å². The molecule has 0 heterocycles. The van der Waals surface area contributed by atoms with E-state index in [0.717, 1.165) is 35.7 Å². The number of benzene rings is 1. The second kappa shape index (κ2) is 6.57. The summed E-state index contributed by atoms with van der Waals surface area (Å²) in [6, 6.07) is 4.70. The highest BCUT2D eigenvalue weighted by Gasteiger charge is 2.32. The SMILES string of the molecule is CC(C)C1CCCC(O)(Cc2cc(F)ccc2Br)CC1. The smallest absolute Gasteiger partial charge is 0.123 e. The van der Waals surface area contributed by atoms with Crippen LogP contribution in [0.4, 0.5) is 4.39 Å². The van der Waals surface area contributed by atoms with E-state index < -0.39 is 5.60 Å². The topological polar surface area (TPSA) is 20.2 Å². The Bertz CT molecular complexity index is 460. The first-order valence-electron chi connectivity index (χ1n) is 7.56. The van der Waals surface area contributed by atoms with Gasteiger partial charge in [-0.15, -0.1) is 0 Å². The molecule has 0 amide bonds. The lowest BCUT2D eigenvalue weighted by molar-refractivity contribution is 0.0235. The lowest BCUT2D eigenvalue weighted by Crippen LogP contribution is -2.31. The van der Waals surface area contributed by atoms with E-state index in [0.29, 0.717) is 18.3 Å². The van der Waals surface area contributed by atoms with Crippen LogP contribution in [0.1, 0.15) is 51.5 Å². The van der Waals surface area contributed by atoms with Crippen molar-refractivity contribution in [3.63, 3.8) is 0 Å². The predicted octanol–water partition coefficient (Wildman–Crippen LogP) is 5.10. The van der Waals surface area contributed by atoms with Crippen LogP contribution < -0.4 is 0 Å². The molecule has 2 unspecified atom stereocenters. The lowest BCUT2D eigenvalue weighted by Gasteiger charge is -2.27. The van der Waals surface area contributed by atoms with Crippen molar-refractivity contribution in [1.82, 2.24) is 0 Å². The fourth-order valence-corrected chi connectivity index (χ4v) is 3.68. The van der Waals surface area contributed by atoms with Gasteiger partial charge in [0.25, 0.3) is 0 Å². The Morgan fingerprint density at radius 3 is 2.80 bits per heavy atom. The summed E-state index contributed by atoms with van der Waals surface area (Å²) in [7, 11) is 0. The van der Waals surface area contributed by atoms with Crippen LogP contribution in [0.3, 0.4) is 0 Å². The number of halogens is 2. The minimum absolute atomic E-state index is 0.236. The summed E-state index contributed by atoms with van der Waals surface area (Å²) in [6.07, 6.45) is 5.51. The van der Waals surface area contributed by atoms with Gasteiger partial charge >= 0.3 is 0 Å². The second-order valence-corrected chi connectivity index (χ2v) is 7.43. The van der Waals surface area contributed by atoms with Gasteiger partial charge in [-0.25, -0.2) is 4.39 Å². The van der Waals surface area contributed by atoms with Gasteiger partial charge in [0.05, 0.1) is 5.60 Å². The first-order valence-corrected chi connectivity index (χ1v) is 8.35. The second-order valence-electron chi connectivity index (χ2n) is 6.57. The molecule has 1 aliphatic carbocycles. The lowest BCUT2D eigenvalue weighted by atomic mass is 9.85. The summed E-state index contributed by atoms with van der Waals surface area (Å²) in [6.45, 7) is 4.52. The zero-order valence-electron chi connectivity index (χ0n) is 12.3. The summed E-state index contributed by atoms with van der Waals surface area (Å²) >= 11 is 3.46. The van der Waals surface area contributed by atoms with E-state index in [4.69, 9.17) is 0 Å². The summed E-state index contributed by atoms with van der Waals surface area (Å²) in [5.74, 6) is 1.15. The quantitative estimate of drug-likeness (QED) is 0.757. The van der Waals surface area contributed by atoms with Gasteiger partial charge in [0.15, 0.2) is 0 Å². The van der Waals surface area contributed by atoms with E-state index in [9.17, 15) is 9.50 Å². The minimum atomic E-state index is -0.681. The summed E-state index contributed by atoms with van der Waals surface area (Å²) < 4.78 is 14.3. The molecule has 20 heavy (non-hydrogen) atoms. The number of hydrogen-bond donors (Lipinski definition) is 1. The summed E-state index contributed by atoms with van der Waals surface area (Å²) in [5, 5.41) is 10.9. The van der Waals surface area contributed by atoms with Crippen LogP contribution >= 0.6 is 15.9 Å². The van der Waals surface area contributed by atoms with Crippen molar-refractivity contribution in [3.8, 4) is 0 Å². The van der Waals surface area contributed by atoms with Crippen molar-refractivity contribution in [2.24, 2.45) is 11.8 Å². The van der Waals surface area contributed by atoms with Gasteiger partial charge in [0, 0.05) is 10.9 Å². The first kappa shape index (κ1) is 16.0. The largest absolute Gasteiger partial charge is 0.390 e. The van der Waals surface area contributed by atoms with Crippen molar-refractivity contribution >= 4 is 15.9 Å². The van der Waals surface area contributed by atoms with Crippen molar-refractivity contribution in [1.29, 1.82) is 0 Å². The molecule has 2 rings (SSSR count). The maximum atomic E-state index is 13.4. The number of hydrogen-bond acceptors (Lipinski definition) is 1. The maximum absolute atomic E-state index is 13.4. The van der Waals surface area contributed by atoms with Crippen LogP contribution in [0, 0.1) is 17.7 Å². The highest BCUT2D eigenvalue weighted by molar-refractivity contribution is 9.10. The normalized spacial score (nSPS) is 27.6. The van der Waals surface area contributed by atoms with E-state index >= 15 is 0 Å². The van der Waals surface area contributed by atoms with Crippen LogP contribution in [0.5, 0.6) is 0 Å². The standard InChI is InChI=1S/C17H24BrFO/c1-12(2)13-4-3-8-17(20,9-7-13)11-14-10-15(19)5-6-16(14)18/h5-6,10,12-13,20H,3-4,7-9,11H2,1-2H3. The van der Waals surface area contributed by atoms with Crippen LogP contribution in [0.25, 0.3) is 0 Å². The van der Waals surface area contributed by atoms with Crippen LogP contribution in [0.15, 0.2) is 22.7 Å². The molecule has 112 valence electrons. The number of rotatable bonds is 3. The molecular weight excluding hydrogens is 319 g/mol. The molecule has 1 saturated carbocycles. The third-order valence-corrected chi connectivity index (χ3v) is 5.44. The van der Waals surface area contributed by atoms with Gasteiger partial charge in [-0.3, -0.25) is 0 Å². The molecule has 0 aromatic heterocycles. The van der Waals surface area contributed by atoms with E-state index in [1.54, 1.807) is 6.07 Å². The zero-order chi connectivity index (χ0) is 14.8. The predicted molar refractivity (Wildman–Crippen MR) is 84.2 cm³/mol. The molecular formula is C17H24BrFO. The molecule has 0 saturated heterocycles. The molecule has 1 nitrogen and oxygen atoms in total. The van der Waals surface area contributed by atoms with Crippen LogP contribution in [0.2, 0.25) is 0 Å². The third-order valence-electron chi connectivity index (χ3n) is 4.67. The Morgan fingerprint density at radius 2 is 2.10 bits per heavy atom. The zero-order valence-corrected chi connectivity index (χ0v) is 13.9. The first-order chi connectivity index (χ1) is 9.39. The molecule has 0 bridgehead atoms. The van der Waals surface area contributed by atoms with Crippen molar-refractivity contribution < 1.29 is 9.50 Å².